The van der Waals surface area contributed by atoms with Gasteiger partial charge in [-0.05, 0) is 36.1 Å². The quantitative estimate of drug-likeness (QED) is 0.262. The van der Waals surface area contributed by atoms with Crippen LogP contribution in [0.5, 0.6) is 0 Å². The number of benzene rings is 2. The minimum absolute atomic E-state index is 0.370. The Hall–Kier alpha value is -2.10. The summed E-state index contributed by atoms with van der Waals surface area (Å²) in [5.41, 5.74) is 0.129. The minimum Gasteiger partial charge on any atom is -0.300 e. The van der Waals surface area contributed by atoms with Gasteiger partial charge in [0.25, 0.3) is 0 Å². The van der Waals surface area contributed by atoms with Gasteiger partial charge in [0.2, 0.25) is 0 Å². The maximum Gasteiger partial charge on any atom is 0.416 e. The van der Waals surface area contributed by atoms with Gasteiger partial charge in [0.15, 0.2) is 0 Å². The van der Waals surface area contributed by atoms with Gasteiger partial charge in [-0.3, -0.25) is 14.7 Å². The summed E-state index contributed by atoms with van der Waals surface area (Å²) in [7, 11) is 0. The molecule has 38 heavy (non-hydrogen) atoms. The van der Waals surface area contributed by atoms with Crippen LogP contribution >= 0.6 is 0 Å². The molecule has 0 bridgehead atoms. The molecule has 2 fully saturated rings. The molecule has 0 amide bonds. The van der Waals surface area contributed by atoms with Crippen LogP contribution in [0.2, 0.25) is 0 Å². The second-order valence-corrected chi connectivity index (χ2v) is 10.6. The molecule has 2 aliphatic rings. The highest BCUT2D eigenvalue weighted by molar-refractivity contribution is 5.26. The Balaban J connectivity index is 1.33. The van der Waals surface area contributed by atoms with Crippen LogP contribution in [0.3, 0.4) is 0 Å². The second kappa shape index (κ2) is 12.8. The van der Waals surface area contributed by atoms with Gasteiger partial charge in [-0.2, -0.15) is 26.3 Å². The van der Waals surface area contributed by atoms with E-state index in [0.29, 0.717) is 30.3 Å². The summed E-state index contributed by atoms with van der Waals surface area (Å²) >= 11 is 0. The summed E-state index contributed by atoms with van der Waals surface area (Å²) < 4.78 is 78.9. The summed E-state index contributed by atoms with van der Waals surface area (Å²) in [5.74, 6) is 0. The van der Waals surface area contributed by atoms with Crippen molar-refractivity contribution in [2.45, 2.75) is 70.0 Å². The average molecular weight is 542 g/mol. The predicted molar refractivity (Wildman–Crippen MR) is 137 cm³/mol. The summed E-state index contributed by atoms with van der Waals surface area (Å²) in [6.45, 7) is 5.79. The SMILES string of the molecule is FC(F)(F)c1cccc(CN2CCN(CCN(Cc3cccc(C(F)(F)F)c3)C3CCCCCC3)CC2)c1. The fourth-order valence-electron chi connectivity index (χ4n) is 5.64. The lowest BCUT2D eigenvalue weighted by atomic mass is 10.0. The number of hydrogen-bond donors (Lipinski definition) is 0. The molecule has 210 valence electrons. The van der Waals surface area contributed by atoms with E-state index < -0.39 is 23.5 Å². The Kier molecular flexibility index (Phi) is 9.76. The molecule has 0 aromatic heterocycles. The fourth-order valence-corrected chi connectivity index (χ4v) is 5.64. The lowest BCUT2D eigenvalue weighted by Crippen LogP contribution is -2.49. The van der Waals surface area contributed by atoms with Gasteiger partial charge in [0, 0.05) is 58.4 Å². The molecule has 1 saturated heterocycles. The zero-order chi connectivity index (χ0) is 27.2. The van der Waals surface area contributed by atoms with Gasteiger partial charge in [0.1, 0.15) is 0 Å². The van der Waals surface area contributed by atoms with Crippen LogP contribution in [0, 0.1) is 0 Å². The van der Waals surface area contributed by atoms with E-state index in [-0.39, 0.29) is 0 Å². The third kappa shape index (κ3) is 8.45. The molecule has 0 unspecified atom stereocenters. The molecule has 0 spiro atoms. The molecule has 1 aliphatic heterocycles. The Bertz CT molecular complexity index is 1010. The summed E-state index contributed by atoms with van der Waals surface area (Å²) in [6, 6.07) is 11.6. The van der Waals surface area contributed by atoms with Crippen LogP contribution in [0.4, 0.5) is 26.3 Å². The molecular formula is C29H37F6N3. The van der Waals surface area contributed by atoms with Gasteiger partial charge in [-0.25, -0.2) is 0 Å². The Morgan fingerprint density at radius 1 is 0.684 bits per heavy atom. The van der Waals surface area contributed by atoms with E-state index in [9.17, 15) is 26.3 Å². The van der Waals surface area contributed by atoms with E-state index >= 15 is 0 Å². The zero-order valence-electron chi connectivity index (χ0n) is 21.7. The summed E-state index contributed by atoms with van der Waals surface area (Å²) in [6.07, 6.45) is -1.82. The van der Waals surface area contributed by atoms with Gasteiger partial charge < -0.3 is 0 Å². The number of halogens is 6. The first kappa shape index (κ1) is 28.9. The number of piperazine rings is 1. The third-order valence-corrected chi connectivity index (χ3v) is 7.81. The Morgan fingerprint density at radius 2 is 1.21 bits per heavy atom. The number of hydrogen-bond acceptors (Lipinski definition) is 3. The van der Waals surface area contributed by atoms with E-state index in [1.54, 1.807) is 12.1 Å². The topological polar surface area (TPSA) is 9.72 Å². The molecule has 0 radical (unpaired) electrons. The lowest BCUT2D eigenvalue weighted by Gasteiger charge is -2.37. The molecule has 0 atom stereocenters. The largest absolute Gasteiger partial charge is 0.416 e. The first-order chi connectivity index (χ1) is 18.1. The van der Waals surface area contributed by atoms with Crippen molar-refractivity contribution in [2.75, 3.05) is 39.3 Å². The summed E-state index contributed by atoms with van der Waals surface area (Å²) in [5, 5.41) is 0. The predicted octanol–water partition coefficient (Wildman–Crippen LogP) is 7.07. The maximum atomic E-state index is 13.3. The molecule has 1 aliphatic carbocycles. The average Bonchev–Trinajstić information content (AvgIpc) is 3.16. The molecular weight excluding hydrogens is 504 g/mol. The van der Waals surface area contributed by atoms with Crippen LogP contribution in [0.15, 0.2) is 48.5 Å². The van der Waals surface area contributed by atoms with E-state index in [0.717, 1.165) is 77.1 Å². The highest BCUT2D eigenvalue weighted by Crippen LogP contribution is 2.31. The fraction of sp³-hybridized carbons (Fsp3) is 0.586. The first-order valence-electron chi connectivity index (χ1n) is 13.6. The number of rotatable bonds is 8. The van der Waals surface area contributed by atoms with Crippen molar-refractivity contribution in [2.24, 2.45) is 0 Å². The van der Waals surface area contributed by atoms with Crippen LogP contribution in [-0.2, 0) is 25.4 Å². The summed E-state index contributed by atoms with van der Waals surface area (Å²) in [4.78, 5) is 6.91. The van der Waals surface area contributed by atoms with Crippen LogP contribution in [0.25, 0.3) is 0 Å². The van der Waals surface area contributed by atoms with Gasteiger partial charge in [-0.1, -0.05) is 62.1 Å². The third-order valence-electron chi connectivity index (χ3n) is 7.81. The maximum absolute atomic E-state index is 13.3. The molecule has 9 heteroatoms. The van der Waals surface area contributed by atoms with Crippen molar-refractivity contribution in [1.82, 2.24) is 14.7 Å². The van der Waals surface area contributed by atoms with Crippen molar-refractivity contribution < 1.29 is 26.3 Å². The lowest BCUT2D eigenvalue weighted by molar-refractivity contribution is -0.138. The normalized spacial score (nSPS) is 19.1. The monoisotopic (exact) mass is 541 g/mol. The van der Waals surface area contributed by atoms with Crippen molar-refractivity contribution in [3.8, 4) is 0 Å². The van der Waals surface area contributed by atoms with Crippen molar-refractivity contribution in [3.63, 3.8) is 0 Å². The number of alkyl halides is 6. The molecule has 1 heterocycles. The second-order valence-electron chi connectivity index (χ2n) is 10.6. The van der Waals surface area contributed by atoms with Crippen LogP contribution in [0.1, 0.15) is 60.8 Å². The molecule has 1 saturated carbocycles. The van der Waals surface area contributed by atoms with Crippen molar-refractivity contribution in [1.29, 1.82) is 0 Å². The molecule has 0 N–H and O–H groups in total. The molecule has 2 aromatic rings. The van der Waals surface area contributed by atoms with Gasteiger partial charge >= 0.3 is 12.4 Å². The van der Waals surface area contributed by atoms with Crippen LogP contribution < -0.4 is 0 Å². The van der Waals surface area contributed by atoms with Gasteiger partial charge in [0.05, 0.1) is 11.1 Å². The zero-order valence-corrected chi connectivity index (χ0v) is 21.7. The first-order valence-corrected chi connectivity index (χ1v) is 13.6. The molecule has 3 nitrogen and oxygen atoms in total. The van der Waals surface area contributed by atoms with E-state index in [2.05, 4.69) is 14.7 Å². The standard InChI is InChI=1S/C29H37F6N3/c30-28(31,32)25-9-5-7-23(19-25)21-37-15-13-36(14-16-37)17-18-38(27-11-3-1-2-4-12-27)22-24-8-6-10-26(20-24)29(33,34)35/h5-10,19-20,27H,1-4,11-18,21-22H2. The van der Waals surface area contributed by atoms with E-state index in [1.165, 1.54) is 37.1 Å². The van der Waals surface area contributed by atoms with Gasteiger partial charge in [-0.15, -0.1) is 0 Å². The molecule has 2 aromatic carbocycles. The van der Waals surface area contributed by atoms with E-state index in [1.807, 2.05) is 0 Å². The Labute approximate surface area is 221 Å². The molecule has 4 rings (SSSR count). The van der Waals surface area contributed by atoms with E-state index in [4.69, 9.17) is 0 Å². The minimum atomic E-state index is -4.35. The Morgan fingerprint density at radius 3 is 1.79 bits per heavy atom. The highest BCUT2D eigenvalue weighted by atomic mass is 19.4. The van der Waals surface area contributed by atoms with Crippen LogP contribution in [-0.4, -0.2) is 60.0 Å². The smallest absolute Gasteiger partial charge is 0.300 e. The highest BCUT2D eigenvalue weighted by Gasteiger charge is 2.32. The van der Waals surface area contributed by atoms with Crippen molar-refractivity contribution >= 4 is 0 Å². The van der Waals surface area contributed by atoms with Crippen molar-refractivity contribution in [3.05, 3.63) is 70.8 Å². The number of nitrogens with zero attached hydrogens (tertiary/aromatic N) is 3.